The first-order valence-electron chi connectivity index (χ1n) is 9.16. The third-order valence-corrected chi connectivity index (χ3v) is 5.49. The molecule has 0 saturated heterocycles. The molecule has 2 aliphatic rings. The molecule has 3 heterocycles. The average Bonchev–Trinajstić information content (AvgIpc) is 3.15. The van der Waals surface area contributed by atoms with Crippen LogP contribution in [0.15, 0.2) is 41.2 Å². The number of aromatic nitrogens is 1. The normalized spacial score (nSPS) is 14.7. The fourth-order valence-corrected chi connectivity index (χ4v) is 4.13. The van der Waals surface area contributed by atoms with Crippen LogP contribution >= 0.6 is 0 Å². The van der Waals surface area contributed by atoms with Crippen molar-refractivity contribution in [2.45, 2.75) is 13.0 Å². The highest BCUT2D eigenvalue weighted by molar-refractivity contribution is 6.14. The number of nitrogens with zero attached hydrogens (tertiary/aromatic N) is 2. The molecule has 0 fully saturated rings. The summed E-state index contributed by atoms with van der Waals surface area (Å²) in [6, 6.07) is 11.2. The fourth-order valence-electron chi connectivity index (χ4n) is 4.13. The second-order valence-corrected chi connectivity index (χ2v) is 6.95. The Morgan fingerprint density at radius 3 is 2.86 bits per heavy atom. The van der Waals surface area contributed by atoms with E-state index in [1.165, 1.54) is 0 Å². The maximum absolute atomic E-state index is 13.4. The summed E-state index contributed by atoms with van der Waals surface area (Å²) in [5, 5.41) is 0.587. The van der Waals surface area contributed by atoms with Crippen LogP contribution in [0.3, 0.4) is 0 Å². The van der Waals surface area contributed by atoms with Crippen LogP contribution in [0.5, 0.6) is 11.5 Å². The number of pyridine rings is 1. The van der Waals surface area contributed by atoms with Gasteiger partial charge in [0.15, 0.2) is 0 Å². The van der Waals surface area contributed by atoms with E-state index in [4.69, 9.17) is 15.2 Å². The number of hydrogen-bond acceptors (Lipinski definition) is 5. The molecule has 2 N–H and O–H groups in total. The highest BCUT2D eigenvalue weighted by atomic mass is 16.5. The lowest BCUT2D eigenvalue weighted by molar-refractivity contribution is 0.0988. The molecule has 28 heavy (non-hydrogen) atoms. The number of amides is 1. The van der Waals surface area contributed by atoms with Crippen molar-refractivity contribution in [3.63, 3.8) is 0 Å². The number of anilines is 2. The maximum Gasteiger partial charge on any atom is 0.266 e. The summed E-state index contributed by atoms with van der Waals surface area (Å²) >= 11 is 0. The van der Waals surface area contributed by atoms with Crippen LogP contribution in [0.4, 0.5) is 11.4 Å². The molecule has 0 radical (unpaired) electrons. The van der Waals surface area contributed by atoms with Gasteiger partial charge in [-0.1, -0.05) is 18.2 Å². The van der Waals surface area contributed by atoms with Crippen molar-refractivity contribution in [3.05, 3.63) is 57.9 Å². The number of carbonyl (C=O) groups is 1. The van der Waals surface area contributed by atoms with E-state index in [1.807, 2.05) is 24.3 Å². The lowest BCUT2D eigenvalue weighted by Crippen LogP contribution is -2.38. The van der Waals surface area contributed by atoms with Gasteiger partial charge >= 0.3 is 0 Å². The highest BCUT2D eigenvalue weighted by Crippen LogP contribution is 2.37. The summed E-state index contributed by atoms with van der Waals surface area (Å²) in [4.78, 5) is 28.3. The lowest BCUT2D eigenvalue weighted by Gasteiger charge is -2.24. The van der Waals surface area contributed by atoms with Gasteiger partial charge < -0.3 is 24.7 Å². The molecule has 0 bridgehead atoms. The van der Waals surface area contributed by atoms with Crippen LogP contribution in [0.1, 0.15) is 15.9 Å². The average molecular weight is 377 g/mol. The van der Waals surface area contributed by atoms with Gasteiger partial charge in [-0.05, 0) is 24.1 Å². The quantitative estimate of drug-likeness (QED) is 0.740. The Hall–Kier alpha value is -3.48. The molecule has 7 nitrogen and oxygen atoms in total. The molecular formula is C21H19N3O4. The number of hydrogen-bond donors (Lipinski definition) is 1. The Labute approximate surface area is 160 Å². The smallest absolute Gasteiger partial charge is 0.266 e. The molecular weight excluding hydrogens is 358 g/mol. The van der Waals surface area contributed by atoms with Gasteiger partial charge in [0.2, 0.25) is 0 Å². The Morgan fingerprint density at radius 2 is 2.04 bits per heavy atom. The molecule has 3 aromatic rings. The minimum absolute atomic E-state index is 0.00491. The van der Waals surface area contributed by atoms with Gasteiger partial charge in [0, 0.05) is 23.7 Å². The van der Waals surface area contributed by atoms with Crippen molar-refractivity contribution in [2.75, 3.05) is 30.9 Å². The summed E-state index contributed by atoms with van der Waals surface area (Å²) in [6.07, 6.45) is 0.759. The molecule has 0 spiro atoms. The first kappa shape index (κ1) is 16.7. The Kier molecular flexibility index (Phi) is 3.58. The number of benzene rings is 2. The minimum atomic E-state index is -0.380. The summed E-state index contributed by atoms with van der Waals surface area (Å²) in [5.74, 6) is 0.732. The van der Waals surface area contributed by atoms with Crippen LogP contribution in [0.25, 0.3) is 10.9 Å². The number of nitrogen functional groups attached to an aromatic ring is 1. The number of methoxy groups -OCH3 is 1. The van der Waals surface area contributed by atoms with E-state index in [9.17, 15) is 9.59 Å². The Bertz CT molecular complexity index is 1200. The molecule has 2 aromatic carbocycles. The van der Waals surface area contributed by atoms with Gasteiger partial charge in [-0.3, -0.25) is 9.59 Å². The van der Waals surface area contributed by atoms with Gasteiger partial charge in [0.05, 0.1) is 24.9 Å². The number of rotatable bonds is 2. The molecule has 1 amide bonds. The first-order valence-corrected chi connectivity index (χ1v) is 9.16. The van der Waals surface area contributed by atoms with Crippen molar-refractivity contribution < 1.29 is 14.3 Å². The standard InChI is InChI=1S/C21H19N3O4/c1-27-13-10-14-18(22)17(21(26)24-8-9-28-16(11-13)19(14)24)20(25)23-7-6-12-4-2-3-5-15(12)23/h2-5,10-11H,6-9,22H2,1H3. The maximum atomic E-state index is 13.4. The Balaban J connectivity index is 1.75. The minimum Gasteiger partial charge on any atom is -0.497 e. The molecule has 2 aliphatic heterocycles. The van der Waals surface area contributed by atoms with Crippen molar-refractivity contribution in [2.24, 2.45) is 0 Å². The molecule has 0 saturated carbocycles. The van der Waals surface area contributed by atoms with Gasteiger partial charge in [-0.15, -0.1) is 0 Å². The van der Waals surface area contributed by atoms with Crippen molar-refractivity contribution in [3.8, 4) is 11.5 Å². The van der Waals surface area contributed by atoms with E-state index in [-0.39, 0.29) is 22.7 Å². The van der Waals surface area contributed by atoms with Crippen molar-refractivity contribution >= 4 is 28.2 Å². The summed E-state index contributed by atoms with van der Waals surface area (Å²) in [6.45, 7) is 1.24. The van der Waals surface area contributed by atoms with Gasteiger partial charge in [0.25, 0.3) is 11.5 Å². The van der Waals surface area contributed by atoms with Crippen LogP contribution in [-0.2, 0) is 13.0 Å². The predicted octanol–water partition coefficient (Wildman–Crippen LogP) is 2.19. The van der Waals surface area contributed by atoms with Crippen LogP contribution in [0, 0.1) is 0 Å². The number of fused-ring (bicyclic) bond motifs is 1. The van der Waals surface area contributed by atoms with E-state index >= 15 is 0 Å². The zero-order chi connectivity index (χ0) is 19.4. The molecule has 0 atom stereocenters. The first-order chi connectivity index (χ1) is 13.6. The van der Waals surface area contributed by atoms with Crippen molar-refractivity contribution in [1.82, 2.24) is 4.57 Å². The summed E-state index contributed by atoms with van der Waals surface area (Å²) in [7, 11) is 1.55. The van der Waals surface area contributed by atoms with E-state index < -0.39 is 0 Å². The second-order valence-electron chi connectivity index (χ2n) is 6.95. The van der Waals surface area contributed by atoms with Crippen LogP contribution in [-0.4, -0.2) is 30.7 Å². The highest BCUT2D eigenvalue weighted by Gasteiger charge is 2.31. The number of nitrogens with two attached hydrogens (primary N) is 1. The van der Waals surface area contributed by atoms with E-state index in [1.54, 1.807) is 28.7 Å². The predicted molar refractivity (Wildman–Crippen MR) is 106 cm³/mol. The molecule has 0 unspecified atom stereocenters. The van der Waals surface area contributed by atoms with Crippen molar-refractivity contribution in [1.29, 1.82) is 0 Å². The molecule has 142 valence electrons. The SMILES string of the molecule is COc1cc2c3c(c1)c(N)c(C(=O)N1CCc4ccccc41)c(=O)n3CCO2. The number of para-hydroxylation sites is 1. The van der Waals surface area contributed by atoms with E-state index in [0.717, 1.165) is 17.7 Å². The third-order valence-electron chi connectivity index (χ3n) is 5.49. The largest absolute Gasteiger partial charge is 0.497 e. The zero-order valence-electron chi connectivity index (χ0n) is 15.4. The van der Waals surface area contributed by atoms with Gasteiger partial charge in [-0.25, -0.2) is 0 Å². The molecule has 0 aliphatic carbocycles. The lowest BCUT2D eigenvalue weighted by atomic mass is 10.1. The summed E-state index contributed by atoms with van der Waals surface area (Å²) < 4.78 is 12.6. The van der Waals surface area contributed by atoms with Gasteiger partial charge in [0.1, 0.15) is 23.7 Å². The summed E-state index contributed by atoms with van der Waals surface area (Å²) in [5.41, 5.74) is 8.69. The topological polar surface area (TPSA) is 86.8 Å². The monoisotopic (exact) mass is 377 g/mol. The fraction of sp³-hybridized carbons (Fsp3) is 0.238. The third kappa shape index (κ3) is 2.22. The van der Waals surface area contributed by atoms with Crippen LogP contribution < -0.4 is 25.7 Å². The Morgan fingerprint density at radius 1 is 1.21 bits per heavy atom. The van der Waals surface area contributed by atoms with E-state index in [0.29, 0.717) is 42.1 Å². The zero-order valence-corrected chi connectivity index (χ0v) is 15.4. The molecule has 5 rings (SSSR count). The van der Waals surface area contributed by atoms with Gasteiger partial charge in [-0.2, -0.15) is 0 Å². The second kappa shape index (κ2) is 6.02. The van der Waals surface area contributed by atoms with Crippen LogP contribution in [0.2, 0.25) is 0 Å². The molecule has 1 aromatic heterocycles. The van der Waals surface area contributed by atoms with E-state index in [2.05, 4.69) is 0 Å². The number of ether oxygens (including phenoxy) is 2. The molecule has 7 heteroatoms. The number of carbonyl (C=O) groups excluding carboxylic acids is 1.